The summed E-state index contributed by atoms with van der Waals surface area (Å²) in [7, 11) is 0. The Morgan fingerprint density at radius 3 is 2.07 bits per heavy atom. The maximum atomic E-state index is 12.8. The SMILES string of the molecule is O=C1NCc2ccccc2C[C@H]1N[C@@H](c1ccccc1)[C@@H](O)c1ccccc1. The monoisotopic (exact) mass is 372 g/mol. The Hall–Kier alpha value is -2.95. The molecule has 0 aliphatic carbocycles. The van der Waals surface area contributed by atoms with E-state index in [1.54, 1.807) is 0 Å². The second-order valence-corrected chi connectivity index (χ2v) is 7.15. The Morgan fingerprint density at radius 1 is 0.821 bits per heavy atom. The van der Waals surface area contributed by atoms with Crippen LogP contribution in [0, 0.1) is 0 Å². The summed E-state index contributed by atoms with van der Waals surface area (Å²) < 4.78 is 0. The van der Waals surface area contributed by atoms with Crippen LogP contribution in [0.15, 0.2) is 84.9 Å². The highest BCUT2D eigenvalue weighted by Crippen LogP contribution is 2.30. The number of fused-ring (bicyclic) bond motifs is 1. The molecule has 3 atom stereocenters. The average molecular weight is 372 g/mol. The second kappa shape index (κ2) is 8.38. The van der Waals surface area contributed by atoms with E-state index in [4.69, 9.17) is 0 Å². The number of amides is 1. The van der Waals surface area contributed by atoms with Crippen LogP contribution in [-0.4, -0.2) is 17.1 Å². The van der Waals surface area contributed by atoms with Gasteiger partial charge in [-0.1, -0.05) is 84.9 Å². The number of hydrogen-bond donors (Lipinski definition) is 3. The van der Waals surface area contributed by atoms with Crippen molar-refractivity contribution in [2.75, 3.05) is 0 Å². The summed E-state index contributed by atoms with van der Waals surface area (Å²) in [6.07, 6.45) is -0.178. The lowest BCUT2D eigenvalue weighted by atomic mass is 9.93. The molecule has 0 bridgehead atoms. The zero-order valence-electron chi connectivity index (χ0n) is 15.6. The van der Waals surface area contributed by atoms with Crippen molar-refractivity contribution in [3.8, 4) is 0 Å². The molecule has 0 spiro atoms. The van der Waals surface area contributed by atoms with Gasteiger partial charge in [0.15, 0.2) is 0 Å². The molecule has 4 heteroatoms. The molecule has 0 aromatic heterocycles. The summed E-state index contributed by atoms with van der Waals surface area (Å²) >= 11 is 0. The van der Waals surface area contributed by atoms with Crippen LogP contribution < -0.4 is 10.6 Å². The molecule has 3 N–H and O–H groups in total. The van der Waals surface area contributed by atoms with Crippen molar-refractivity contribution in [2.45, 2.75) is 31.2 Å². The normalized spacial score (nSPS) is 18.5. The fraction of sp³-hybridized carbons (Fsp3) is 0.208. The minimum atomic E-state index is -0.769. The Bertz CT molecular complexity index is 928. The molecule has 3 aromatic carbocycles. The molecule has 0 saturated heterocycles. The molecular formula is C24H24N2O2. The summed E-state index contributed by atoms with van der Waals surface area (Å²) in [5.41, 5.74) is 4.06. The number of nitrogens with one attached hydrogen (secondary N) is 2. The van der Waals surface area contributed by atoms with E-state index in [2.05, 4.69) is 16.7 Å². The van der Waals surface area contributed by atoms with Gasteiger partial charge < -0.3 is 10.4 Å². The van der Waals surface area contributed by atoms with Crippen molar-refractivity contribution in [3.05, 3.63) is 107 Å². The fourth-order valence-electron chi connectivity index (χ4n) is 3.77. The van der Waals surface area contributed by atoms with Gasteiger partial charge in [-0.25, -0.2) is 0 Å². The molecular weight excluding hydrogens is 348 g/mol. The van der Waals surface area contributed by atoms with Gasteiger partial charge >= 0.3 is 0 Å². The van der Waals surface area contributed by atoms with Crippen LogP contribution in [0.5, 0.6) is 0 Å². The zero-order valence-corrected chi connectivity index (χ0v) is 15.6. The maximum absolute atomic E-state index is 12.8. The van der Waals surface area contributed by atoms with Gasteiger partial charge in [0.05, 0.1) is 18.2 Å². The van der Waals surface area contributed by atoms with Crippen molar-refractivity contribution in [3.63, 3.8) is 0 Å². The molecule has 4 rings (SSSR count). The zero-order chi connectivity index (χ0) is 19.3. The van der Waals surface area contributed by atoms with Crippen molar-refractivity contribution in [1.29, 1.82) is 0 Å². The number of hydrogen-bond acceptors (Lipinski definition) is 3. The van der Waals surface area contributed by atoms with Crippen LogP contribution in [0.2, 0.25) is 0 Å². The lowest BCUT2D eigenvalue weighted by molar-refractivity contribution is -0.123. The van der Waals surface area contributed by atoms with Gasteiger partial charge in [-0.15, -0.1) is 0 Å². The Kier molecular flexibility index (Phi) is 5.51. The third-order valence-corrected chi connectivity index (χ3v) is 5.31. The van der Waals surface area contributed by atoms with Crippen LogP contribution in [-0.2, 0) is 17.8 Å². The van der Waals surface area contributed by atoms with E-state index in [9.17, 15) is 9.90 Å². The molecule has 1 heterocycles. The fourth-order valence-corrected chi connectivity index (χ4v) is 3.77. The topological polar surface area (TPSA) is 61.4 Å². The van der Waals surface area contributed by atoms with Crippen molar-refractivity contribution in [2.24, 2.45) is 0 Å². The van der Waals surface area contributed by atoms with E-state index in [-0.39, 0.29) is 5.91 Å². The van der Waals surface area contributed by atoms with Gasteiger partial charge in [0.1, 0.15) is 0 Å². The van der Waals surface area contributed by atoms with Gasteiger partial charge in [-0.2, -0.15) is 0 Å². The smallest absolute Gasteiger partial charge is 0.237 e. The van der Waals surface area contributed by atoms with Crippen LogP contribution in [0.25, 0.3) is 0 Å². The van der Waals surface area contributed by atoms with Gasteiger partial charge in [0, 0.05) is 6.54 Å². The third kappa shape index (κ3) is 3.98. The molecule has 1 amide bonds. The highest BCUT2D eigenvalue weighted by atomic mass is 16.3. The minimum absolute atomic E-state index is 0.0441. The minimum Gasteiger partial charge on any atom is -0.386 e. The predicted molar refractivity (Wildman–Crippen MR) is 110 cm³/mol. The average Bonchev–Trinajstić information content (AvgIpc) is 2.91. The van der Waals surface area contributed by atoms with Gasteiger partial charge in [0.25, 0.3) is 0 Å². The highest BCUT2D eigenvalue weighted by molar-refractivity contribution is 5.83. The van der Waals surface area contributed by atoms with Crippen molar-refractivity contribution >= 4 is 5.91 Å². The van der Waals surface area contributed by atoms with Gasteiger partial charge in [0.2, 0.25) is 5.91 Å². The molecule has 0 unspecified atom stereocenters. The standard InChI is InChI=1S/C24H24N2O2/c27-23(18-11-5-2-6-12-18)22(17-9-3-1-4-10-17)26-21-15-19-13-7-8-14-20(19)16-25-24(21)28/h1-14,21-23,26-27H,15-16H2,(H,25,28)/t21-,22+,23+/m1/s1. The first-order valence-corrected chi connectivity index (χ1v) is 9.61. The van der Waals surface area contributed by atoms with Gasteiger partial charge in [-0.3, -0.25) is 10.1 Å². The van der Waals surface area contributed by atoms with E-state index in [1.165, 1.54) is 0 Å². The number of rotatable bonds is 5. The first-order valence-electron chi connectivity index (χ1n) is 9.61. The van der Waals surface area contributed by atoms with E-state index in [1.807, 2.05) is 78.9 Å². The summed E-state index contributed by atoms with van der Waals surface area (Å²) in [5, 5.41) is 17.6. The molecule has 0 radical (unpaired) electrons. The van der Waals surface area contributed by atoms with E-state index >= 15 is 0 Å². The van der Waals surface area contributed by atoms with Gasteiger partial charge in [-0.05, 0) is 28.7 Å². The molecule has 1 aliphatic rings. The summed E-state index contributed by atoms with van der Waals surface area (Å²) in [6, 6.07) is 26.6. The molecule has 1 aliphatic heterocycles. The number of carbonyl (C=O) groups excluding carboxylic acids is 1. The Labute approximate surface area is 165 Å². The maximum Gasteiger partial charge on any atom is 0.237 e. The molecule has 142 valence electrons. The quantitative estimate of drug-likeness (QED) is 0.644. The number of aliphatic hydroxyl groups excluding tert-OH is 1. The highest BCUT2D eigenvalue weighted by Gasteiger charge is 2.30. The molecule has 3 aromatic rings. The number of benzene rings is 3. The van der Waals surface area contributed by atoms with Crippen LogP contribution in [0.1, 0.15) is 34.4 Å². The van der Waals surface area contributed by atoms with Crippen LogP contribution >= 0.6 is 0 Å². The molecule has 0 saturated carbocycles. The summed E-state index contributed by atoms with van der Waals surface area (Å²) in [6.45, 7) is 0.532. The lowest BCUT2D eigenvalue weighted by Gasteiger charge is -2.29. The third-order valence-electron chi connectivity index (χ3n) is 5.31. The first-order chi connectivity index (χ1) is 13.7. The predicted octanol–water partition coefficient (Wildman–Crippen LogP) is 3.29. The van der Waals surface area contributed by atoms with E-state index in [0.29, 0.717) is 13.0 Å². The number of aliphatic hydroxyl groups is 1. The largest absolute Gasteiger partial charge is 0.386 e. The van der Waals surface area contributed by atoms with Crippen LogP contribution in [0.3, 0.4) is 0 Å². The Balaban J connectivity index is 1.64. The second-order valence-electron chi connectivity index (χ2n) is 7.15. The Morgan fingerprint density at radius 2 is 1.39 bits per heavy atom. The van der Waals surface area contributed by atoms with Crippen molar-refractivity contribution in [1.82, 2.24) is 10.6 Å². The van der Waals surface area contributed by atoms with Crippen LogP contribution in [0.4, 0.5) is 0 Å². The lowest BCUT2D eigenvalue weighted by Crippen LogP contribution is -2.46. The number of carbonyl (C=O) groups is 1. The van der Waals surface area contributed by atoms with E-state index in [0.717, 1.165) is 22.3 Å². The summed E-state index contributed by atoms with van der Waals surface area (Å²) in [5.74, 6) is -0.0441. The first kappa shape index (κ1) is 18.4. The molecule has 28 heavy (non-hydrogen) atoms. The summed E-state index contributed by atoms with van der Waals surface area (Å²) in [4.78, 5) is 12.8. The van der Waals surface area contributed by atoms with E-state index < -0.39 is 18.2 Å². The molecule has 4 nitrogen and oxygen atoms in total. The van der Waals surface area contributed by atoms with Crippen molar-refractivity contribution < 1.29 is 9.90 Å². The molecule has 0 fully saturated rings.